The van der Waals surface area contributed by atoms with E-state index in [1.807, 2.05) is 41.5 Å². The van der Waals surface area contributed by atoms with Gasteiger partial charge in [0.15, 0.2) is 0 Å². The molecule has 0 aromatic carbocycles. The molecule has 2 atom stereocenters. The van der Waals surface area contributed by atoms with E-state index in [0.717, 1.165) is 6.42 Å². The highest BCUT2D eigenvalue weighted by atomic mass is 16.6. The molecule has 27 heavy (non-hydrogen) atoms. The second-order valence-corrected chi connectivity index (χ2v) is 8.07. The SMILES string of the molecule is CCCn1nc(C(=O)N2C[C@H](C)N(C(=O)OC(C)(C)C)C[C@H]2C)ccc1=O. The van der Waals surface area contributed by atoms with Gasteiger partial charge in [0.25, 0.3) is 11.5 Å². The molecule has 0 bridgehead atoms. The van der Waals surface area contributed by atoms with Crippen molar-refractivity contribution in [3.8, 4) is 0 Å². The third-order valence-corrected chi connectivity index (χ3v) is 4.40. The van der Waals surface area contributed by atoms with Crippen molar-refractivity contribution in [3.05, 3.63) is 28.2 Å². The maximum Gasteiger partial charge on any atom is 0.410 e. The van der Waals surface area contributed by atoms with E-state index >= 15 is 0 Å². The lowest BCUT2D eigenvalue weighted by atomic mass is 10.1. The Morgan fingerprint density at radius 1 is 1.15 bits per heavy atom. The normalized spacial score (nSPS) is 20.5. The van der Waals surface area contributed by atoms with Crippen molar-refractivity contribution in [2.45, 2.75) is 72.2 Å². The third-order valence-electron chi connectivity index (χ3n) is 4.40. The van der Waals surface area contributed by atoms with Crippen LogP contribution in [-0.4, -0.2) is 62.4 Å². The zero-order valence-electron chi connectivity index (χ0n) is 17.1. The quantitative estimate of drug-likeness (QED) is 0.804. The molecule has 1 saturated heterocycles. The van der Waals surface area contributed by atoms with E-state index in [4.69, 9.17) is 4.74 Å². The van der Waals surface area contributed by atoms with E-state index in [-0.39, 0.29) is 35.3 Å². The Morgan fingerprint density at radius 2 is 1.74 bits per heavy atom. The first-order valence-corrected chi connectivity index (χ1v) is 9.42. The average Bonchev–Trinajstić information content (AvgIpc) is 2.56. The Labute approximate surface area is 160 Å². The van der Waals surface area contributed by atoms with E-state index in [2.05, 4.69) is 5.10 Å². The number of hydrogen-bond donors (Lipinski definition) is 0. The average molecular weight is 378 g/mol. The zero-order valence-corrected chi connectivity index (χ0v) is 17.1. The smallest absolute Gasteiger partial charge is 0.410 e. The highest BCUT2D eigenvalue weighted by Gasteiger charge is 2.37. The molecule has 0 unspecified atom stereocenters. The number of aryl methyl sites for hydroxylation is 1. The molecule has 150 valence electrons. The third kappa shape index (κ3) is 5.08. The molecule has 0 saturated carbocycles. The minimum absolute atomic E-state index is 0.179. The van der Waals surface area contributed by atoms with Crippen molar-refractivity contribution in [2.24, 2.45) is 0 Å². The molecule has 1 aliphatic heterocycles. The topological polar surface area (TPSA) is 84.7 Å². The van der Waals surface area contributed by atoms with Gasteiger partial charge in [-0.15, -0.1) is 0 Å². The van der Waals surface area contributed by atoms with Gasteiger partial charge in [0.2, 0.25) is 0 Å². The first-order valence-electron chi connectivity index (χ1n) is 9.42. The molecule has 2 amide bonds. The molecule has 1 aliphatic rings. The van der Waals surface area contributed by atoms with E-state index in [0.29, 0.717) is 19.6 Å². The molecule has 0 aliphatic carbocycles. The van der Waals surface area contributed by atoms with Crippen LogP contribution in [0.1, 0.15) is 58.5 Å². The minimum atomic E-state index is -0.566. The van der Waals surface area contributed by atoms with Crippen LogP contribution in [0.5, 0.6) is 0 Å². The fraction of sp³-hybridized carbons (Fsp3) is 0.684. The van der Waals surface area contributed by atoms with E-state index in [9.17, 15) is 14.4 Å². The Morgan fingerprint density at radius 3 is 2.33 bits per heavy atom. The molecule has 8 heteroatoms. The monoisotopic (exact) mass is 378 g/mol. The highest BCUT2D eigenvalue weighted by molar-refractivity contribution is 5.92. The van der Waals surface area contributed by atoms with Crippen molar-refractivity contribution >= 4 is 12.0 Å². The molecule has 0 radical (unpaired) electrons. The molecular weight excluding hydrogens is 348 g/mol. The van der Waals surface area contributed by atoms with Gasteiger partial charge in [-0.3, -0.25) is 9.59 Å². The molecule has 1 fully saturated rings. The van der Waals surface area contributed by atoms with Gasteiger partial charge in [-0.2, -0.15) is 5.10 Å². The van der Waals surface area contributed by atoms with Crippen LogP contribution in [0.15, 0.2) is 16.9 Å². The molecule has 8 nitrogen and oxygen atoms in total. The van der Waals surface area contributed by atoms with Gasteiger partial charge in [0, 0.05) is 37.8 Å². The lowest BCUT2D eigenvalue weighted by molar-refractivity contribution is -0.00805. The van der Waals surface area contributed by atoms with Crippen LogP contribution in [0.25, 0.3) is 0 Å². The van der Waals surface area contributed by atoms with Crippen LogP contribution in [0, 0.1) is 0 Å². The molecular formula is C19H30N4O4. The van der Waals surface area contributed by atoms with Gasteiger partial charge in [0.05, 0.1) is 0 Å². The molecule has 1 aromatic rings. The Kier molecular flexibility index (Phi) is 6.28. The van der Waals surface area contributed by atoms with Crippen molar-refractivity contribution in [2.75, 3.05) is 13.1 Å². The van der Waals surface area contributed by atoms with Crippen molar-refractivity contribution in [3.63, 3.8) is 0 Å². The van der Waals surface area contributed by atoms with Gasteiger partial charge in [0.1, 0.15) is 11.3 Å². The molecule has 2 rings (SSSR count). The number of amides is 2. The van der Waals surface area contributed by atoms with Crippen LogP contribution in [0.2, 0.25) is 0 Å². The number of piperazine rings is 1. The van der Waals surface area contributed by atoms with Crippen molar-refractivity contribution in [1.29, 1.82) is 0 Å². The standard InChI is InChI=1S/C19H30N4O4/c1-7-10-23-16(24)9-8-15(20-23)17(25)21-11-14(3)22(12-13(21)2)18(26)27-19(4,5)6/h8-9,13-14H,7,10-12H2,1-6H3/t13-,14+/m1/s1. The summed E-state index contributed by atoms with van der Waals surface area (Å²) < 4.78 is 6.78. The van der Waals surface area contributed by atoms with Crippen LogP contribution >= 0.6 is 0 Å². The van der Waals surface area contributed by atoms with Crippen LogP contribution in [0.4, 0.5) is 4.79 Å². The van der Waals surface area contributed by atoms with E-state index in [1.165, 1.54) is 16.8 Å². The highest BCUT2D eigenvalue weighted by Crippen LogP contribution is 2.20. The number of carbonyl (C=O) groups is 2. The summed E-state index contributed by atoms with van der Waals surface area (Å²) in [6.45, 7) is 12.5. The Bertz CT molecular complexity index is 753. The van der Waals surface area contributed by atoms with Crippen molar-refractivity contribution in [1.82, 2.24) is 19.6 Å². The van der Waals surface area contributed by atoms with Gasteiger partial charge in [-0.05, 0) is 47.1 Å². The second-order valence-electron chi connectivity index (χ2n) is 8.07. The summed E-state index contributed by atoms with van der Waals surface area (Å²) in [7, 11) is 0. The zero-order chi connectivity index (χ0) is 20.4. The predicted octanol–water partition coefficient (Wildman–Crippen LogP) is 2.12. The molecule has 1 aromatic heterocycles. The van der Waals surface area contributed by atoms with Crippen LogP contribution in [-0.2, 0) is 11.3 Å². The fourth-order valence-electron chi connectivity index (χ4n) is 3.07. The van der Waals surface area contributed by atoms with Gasteiger partial charge >= 0.3 is 6.09 Å². The summed E-state index contributed by atoms with van der Waals surface area (Å²) >= 11 is 0. The predicted molar refractivity (Wildman–Crippen MR) is 102 cm³/mol. The van der Waals surface area contributed by atoms with Crippen LogP contribution < -0.4 is 5.56 Å². The molecule has 2 heterocycles. The number of ether oxygens (including phenoxy) is 1. The van der Waals surface area contributed by atoms with Gasteiger partial charge < -0.3 is 14.5 Å². The summed E-state index contributed by atoms with van der Waals surface area (Å²) in [4.78, 5) is 40.5. The lowest BCUT2D eigenvalue weighted by Gasteiger charge is -2.44. The van der Waals surface area contributed by atoms with Gasteiger partial charge in [-0.1, -0.05) is 6.92 Å². The first kappa shape index (κ1) is 20.9. The number of nitrogens with zero attached hydrogens (tertiary/aromatic N) is 4. The number of hydrogen-bond acceptors (Lipinski definition) is 5. The van der Waals surface area contributed by atoms with Gasteiger partial charge in [-0.25, -0.2) is 9.48 Å². The number of rotatable bonds is 3. The largest absolute Gasteiger partial charge is 0.444 e. The second kappa shape index (κ2) is 8.10. The lowest BCUT2D eigenvalue weighted by Crippen LogP contribution is -2.60. The Balaban J connectivity index is 2.15. The summed E-state index contributed by atoms with van der Waals surface area (Å²) in [5.41, 5.74) is -0.540. The summed E-state index contributed by atoms with van der Waals surface area (Å²) in [6, 6.07) is 2.48. The molecule has 0 N–H and O–H groups in total. The van der Waals surface area contributed by atoms with Crippen LogP contribution in [0.3, 0.4) is 0 Å². The number of carbonyl (C=O) groups excluding carboxylic acids is 2. The maximum absolute atomic E-state index is 12.9. The van der Waals surface area contributed by atoms with Crippen molar-refractivity contribution < 1.29 is 14.3 Å². The minimum Gasteiger partial charge on any atom is -0.444 e. The first-order chi connectivity index (χ1) is 12.5. The fourth-order valence-corrected chi connectivity index (χ4v) is 3.07. The summed E-state index contributed by atoms with van der Waals surface area (Å²) in [6.07, 6.45) is 0.385. The maximum atomic E-state index is 12.9. The summed E-state index contributed by atoms with van der Waals surface area (Å²) in [5, 5.41) is 4.21. The molecule has 0 spiro atoms. The van der Waals surface area contributed by atoms with E-state index in [1.54, 1.807) is 9.80 Å². The number of aromatic nitrogens is 2. The summed E-state index contributed by atoms with van der Waals surface area (Å²) in [5.74, 6) is -0.233. The Hall–Kier alpha value is -2.38. The van der Waals surface area contributed by atoms with E-state index < -0.39 is 5.60 Å².